The van der Waals surface area contributed by atoms with E-state index in [0.29, 0.717) is 12.5 Å². The van der Waals surface area contributed by atoms with Crippen LogP contribution in [0.1, 0.15) is 50.9 Å². The molecule has 0 fully saturated rings. The van der Waals surface area contributed by atoms with Gasteiger partial charge in [0.2, 0.25) is 5.88 Å². The fourth-order valence-corrected chi connectivity index (χ4v) is 2.76. The van der Waals surface area contributed by atoms with E-state index in [-0.39, 0.29) is 5.41 Å². The molecule has 0 bridgehead atoms. The molecule has 2 aromatic rings. The molecule has 0 aliphatic heterocycles. The average Bonchev–Trinajstić information content (AvgIpc) is 2.50. The standard InChI is InChI=1S/C21H30N2O/c1-16(2)12-18-8-9-20(23-14-18)24-11-10-21(4,5)13-19-7-6-17(3)22-15-19/h6-9,14-16H,10-13H2,1-5H3. The van der Waals surface area contributed by atoms with Gasteiger partial charge in [-0.3, -0.25) is 4.98 Å². The molecule has 0 N–H and O–H groups in total. The maximum absolute atomic E-state index is 5.83. The van der Waals surface area contributed by atoms with E-state index in [1.807, 2.05) is 25.4 Å². The van der Waals surface area contributed by atoms with Crippen LogP contribution in [0.4, 0.5) is 0 Å². The predicted molar refractivity (Wildman–Crippen MR) is 99.4 cm³/mol. The van der Waals surface area contributed by atoms with Gasteiger partial charge in [-0.05, 0) is 54.7 Å². The first-order chi connectivity index (χ1) is 11.3. The van der Waals surface area contributed by atoms with Gasteiger partial charge in [-0.25, -0.2) is 4.98 Å². The monoisotopic (exact) mass is 326 g/mol. The van der Waals surface area contributed by atoms with Crippen LogP contribution < -0.4 is 4.74 Å². The molecule has 0 saturated carbocycles. The van der Waals surface area contributed by atoms with Crippen molar-refractivity contribution in [3.8, 4) is 5.88 Å². The van der Waals surface area contributed by atoms with Crippen molar-refractivity contribution in [3.63, 3.8) is 0 Å². The highest BCUT2D eigenvalue weighted by Crippen LogP contribution is 2.26. The number of ether oxygens (including phenoxy) is 1. The summed E-state index contributed by atoms with van der Waals surface area (Å²) in [6.07, 6.45) is 6.96. The Kier molecular flexibility index (Phi) is 6.36. The van der Waals surface area contributed by atoms with Gasteiger partial charge in [-0.1, -0.05) is 39.8 Å². The van der Waals surface area contributed by atoms with Crippen molar-refractivity contribution >= 4 is 0 Å². The zero-order chi connectivity index (χ0) is 17.6. The van der Waals surface area contributed by atoms with Gasteiger partial charge in [0.25, 0.3) is 0 Å². The number of rotatable bonds is 8. The molecule has 0 radical (unpaired) electrons. The Morgan fingerprint density at radius 2 is 1.71 bits per heavy atom. The summed E-state index contributed by atoms with van der Waals surface area (Å²) in [5.41, 5.74) is 3.78. The second-order valence-electron chi connectivity index (χ2n) is 7.85. The summed E-state index contributed by atoms with van der Waals surface area (Å²) >= 11 is 0. The van der Waals surface area contributed by atoms with E-state index >= 15 is 0 Å². The number of hydrogen-bond donors (Lipinski definition) is 0. The van der Waals surface area contributed by atoms with Crippen molar-refractivity contribution in [3.05, 3.63) is 53.5 Å². The molecular formula is C21H30N2O. The molecule has 2 aromatic heterocycles. The summed E-state index contributed by atoms with van der Waals surface area (Å²) < 4.78 is 5.83. The maximum atomic E-state index is 5.83. The van der Waals surface area contributed by atoms with Gasteiger partial charge < -0.3 is 4.74 Å². The molecule has 24 heavy (non-hydrogen) atoms. The summed E-state index contributed by atoms with van der Waals surface area (Å²) in [6, 6.07) is 8.34. The Morgan fingerprint density at radius 3 is 2.29 bits per heavy atom. The quantitative estimate of drug-likeness (QED) is 0.683. The second kappa shape index (κ2) is 8.27. The van der Waals surface area contributed by atoms with Crippen molar-refractivity contribution in [2.45, 2.75) is 53.9 Å². The van der Waals surface area contributed by atoms with E-state index < -0.39 is 0 Å². The third-order valence-electron chi connectivity index (χ3n) is 4.13. The van der Waals surface area contributed by atoms with Gasteiger partial charge in [0.05, 0.1) is 6.61 Å². The summed E-state index contributed by atoms with van der Waals surface area (Å²) in [4.78, 5) is 8.79. The fourth-order valence-electron chi connectivity index (χ4n) is 2.76. The molecule has 0 spiro atoms. The molecule has 0 aliphatic carbocycles. The van der Waals surface area contributed by atoms with E-state index in [4.69, 9.17) is 4.74 Å². The molecule has 2 rings (SSSR count). The molecule has 0 atom stereocenters. The maximum Gasteiger partial charge on any atom is 0.213 e. The van der Waals surface area contributed by atoms with Gasteiger partial charge in [0.15, 0.2) is 0 Å². The third-order valence-corrected chi connectivity index (χ3v) is 4.13. The Morgan fingerprint density at radius 1 is 1.00 bits per heavy atom. The SMILES string of the molecule is Cc1ccc(CC(C)(C)CCOc2ccc(CC(C)C)cn2)cn1. The third kappa shape index (κ3) is 6.31. The molecule has 3 nitrogen and oxygen atoms in total. The van der Waals surface area contributed by atoms with Crippen LogP contribution in [0.3, 0.4) is 0 Å². The molecular weight excluding hydrogens is 296 g/mol. The fraction of sp³-hybridized carbons (Fsp3) is 0.524. The second-order valence-corrected chi connectivity index (χ2v) is 7.85. The van der Waals surface area contributed by atoms with Crippen LogP contribution in [0, 0.1) is 18.3 Å². The van der Waals surface area contributed by atoms with Gasteiger partial charge in [-0.15, -0.1) is 0 Å². The first-order valence-corrected chi connectivity index (χ1v) is 8.83. The lowest BCUT2D eigenvalue weighted by molar-refractivity contribution is 0.221. The summed E-state index contributed by atoms with van der Waals surface area (Å²) in [5.74, 6) is 1.37. The van der Waals surface area contributed by atoms with Crippen LogP contribution in [0.5, 0.6) is 5.88 Å². The Bertz CT molecular complexity index is 615. The van der Waals surface area contributed by atoms with Crippen molar-refractivity contribution < 1.29 is 4.74 Å². The minimum atomic E-state index is 0.175. The van der Waals surface area contributed by atoms with Crippen LogP contribution >= 0.6 is 0 Å². The minimum absolute atomic E-state index is 0.175. The molecule has 0 aromatic carbocycles. The van der Waals surface area contributed by atoms with Crippen molar-refractivity contribution in [1.82, 2.24) is 9.97 Å². The largest absolute Gasteiger partial charge is 0.478 e. The van der Waals surface area contributed by atoms with E-state index in [0.717, 1.165) is 30.8 Å². The van der Waals surface area contributed by atoms with Crippen LogP contribution in [-0.2, 0) is 12.8 Å². The Balaban J connectivity index is 1.80. The zero-order valence-corrected chi connectivity index (χ0v) is 15.7. The van der Waals surface area contributed by atoms with E-state index in [2.05, 4.69) is 55.9 Å². The zero-order valence-electron chi connectivity index (χ0n) is 15.7. The van der Waals surface area contributed by atoms with Crippen LogP contribution in [0.25, 0.3) is 0 Å². The molecule has 0 saturated heterocycles. The molecule has 0 aliphatic rings. The van der Waals surface area contributed by atoms with Crippen LogP contribution in [0.2, 0.25) is 0 Å². The first kappa shape index (κ1) is 18.4. The lowest BCUT2D eigenvalue weighted by atomic mass is 9.83. The van der Waals surface area contributed by atoms with E-state index in [9.17, 15) is 0 Å². The highest BCUT2D eigenvalue weighted by atomic mass is 16.5. The molecule has 130 valence electrons. The first-order valence-electron chi connectivity index (χ1n) is 8.83. The molecule has 3 heteroatoms. The molecule has 0 unspecified atom stereocenters. The van der Waals surface area contributed by atoms with Crippen LogP contribution in [0.15, 0.2) is 36.7 Å². The number of aryl methyl sites for hydroxylation is 1. The number of aromatic nitrogens is 2. The van der Waals surface area contributed by atoms with Gasteiger partial charge in [0.1, 0.15) is 0 Å². The number of pyridine rings is 2. The lowest BCUT2D eigenvalue weighted by Gasteiger charge is -2.24. The smallest absolute Gasteiger partial charge is 0.213 e. The summed E-state index contributed by atoms with van der Waals surface area (Å²) in [6.45, 7) is 11.7. The van der Waals surface area contributed by atoms with Crippen molar-refractivity contribution in [2.75, 3.05) is 6.61 Å². The minimum Gasteiger partial charge on any atom is -0.478 e. The average molecular weight is 326 g/mol. The highest BCUT2D eigenvalue weighted by Gasteiger charge is 2.19. The number of hydrogen-bond acceptors (Lipinski definition) is 3. The van der Waals surface area contributed by atoms with Gasteiger partial charge >= 0.3 is 0 Å². The van der Waals surface area contributed by atoms with Crippen LogP contribution in [-0.4, -0.2) is 16.6 Å². The normalized spacial score (nSPS) is 11.8. The topological polar surface area (TPSA) is 35.0 Å². The van der Waals surface area contributed by atoms with Gasteiger partial charge in [-0.2, -0.15) is 0 Å². The van der Waals surface area contributed by atoms with E-state index in [1.165, 1.54) is 11.1 Å². The Hall–Kier alpha value is -1.90. The lowest BCUT2D eigenvalue weighted by Crippen LogP contribution is -2.19. The molecule has 0 amide bonds. The van der Waals surface area contributed by atoms with Crippen molar-refractivity contribution in [1.29, 1.82) is 0 Å². The Labute approximate surface area is 146 Å². The van der Waals surface area contributed by atoms with Crippen molar-refractivity contribution in [2.24, 2.45) is 11.3 Å². The summed E-state index contributed by atoms with van der Waals surface area (Å²) in [5, 5.41) is 0. The predicted octanol–water partition coefficient (Wildman–Crippen LogP) is 5.02. The van der Waals surface area contributed by atoms with E-state index in [1.54, 1.807) is 0 Å². The van der Waals surface area contributed by atoms with Gasteiger partial charge in [0, 0.05) is 24.2 Å². The summed E-state index contributed by atoms with van der Waals surface area (Å²) in [7, 11) is 0. The highest BCUT2D eigenvalue weighted by molar-refractivity contribution is 5.18. The number of nitrogens with zero attached hydrogens (tertiary/aromatic N) is 2. The molecule has 2 heterocycles.